The van der Waals surface area contributed by atoms with Crippen LogP contribution in [-0.4, -0.2) is 67.8 Å². The fraction of sp³-hybridized carbons (Fsp3) is 0.389. The van der Waals surface area contributed by atoms with Crippen LogP contribution >= 0.6 is 0 Å². The van der Waals surface area contributed by atoms with Gasteiger partial charge in [0.2, 0.25) is 5.91 Å². The number of nitrogens with zero attached hydrogens (tertiary/aromatic N) is 2. The minimum Gasteiger partial charge on any atom is -0.669 e. The zero-order valence-electron chi connectivity index (χ0n) is 15.8. The zero-order chi connectivity index (χ0) is 21.2. The van der Waals surface area contributed by atoms with Crippen LogP contribution in [0.3, 0.4) is 0 Å². The van der Waals surface area contributed by atoms with Crippen molar-refractivity contribution in [1.82, 2.24) is 14.9 Å². The van der Waals surface area contributed by atoms with E-state index in [2.05, 4.69) is 9.97 Å². The number of ether oxygens (including phenoxy) is 1. The molecule has 1 saturated carbocycles. The highest BCUT2D eigenvalue weighted by atomic mass is 16.6. The van der Waals surface area contributed by atoms with E-state index in [1.54, 1.807) is 18.3 Å². The Balaban J connectivity index is 1.31. The van der Waals surface area contributed by atoms with Crippen LogP contribution in [0, 0.1) is 0 Å². The number of carbonyl (C=O) groups is 2. The van der Waals surface area contributed by atoms with E-state index in [-0.39, 0.29) is 42.0 Å². The number of hydrogen-bond acceptors (Lipinski definition) is 8. The lowest BCUT2D eigenvalue weighted by atomic mass is 9.68. The first kappa shape index (κ1) is 18.9. The highest BCUT2D eigenvalue weighted by molar-refractivity contribution is 6.62. The monoisotopic (exact) mass is 415 g/mol. The van der Waals surface area contributed by atoms with Crippen LogP contribution in [-0.2, 0) is 4.79 Å². The Kier molecular flexibility index (Phi) is 4.07. The third kappa shape index (κ3) is 2.92. The van der Waals surface area contributed by atoms with Crippen LogP contribution in [0.5, 0.6) is 11.5 Å². The summed E-state index contributed by atoms with van der Waals surface area (Å²) in [4.78, 5) is 32.6. The average molecular weight is 415 g/mol. The van der Waals surface area contributed by atoms with Gasteiger partial charge < -0.3 is 40.2 Å². The molecule has 158 valence electrons. The molecular formula is C18H20BN4O7-. The molecule has 6 N–H and O–H groups in total. The van der Waals surface area contributed by atoms with Crippen molar-refractivity contribution in [3.8, 4) is 11.5 Å². The largest absolute Gasteiger partial charge is 0.669 e. The predicted molar refractivity (Wildman–Crippen MR) is 102 cm³/mol. The van der Waals surface area contributed by atoms with Gasteiger partial charge in [-0.15, -0.1) is 0 Å². The summed E-state index contributed by atoms with van der Waals surface area (Å²) in [5, 5.41) is 29.9. The van der Waals surface area contributed by atoms with Gasteiger partial charge in [0.05, 0.1) is 30.9 Å². The number of carboxylic acid groups (broad SMARTS) is 1. The smallest absolute Gasteiger partial charge is 0.434 e. The van der Waals surface area contributed by atoms with E-state index in [0.29, 0.717) is 17.7 Å². The van der Waals surface area contributed by atoms with Gasteiger partial charge in [0.1, 0.15) is 23.5 Å². The van der Waals surface area contributed by atoms with E-state index in [1.165, 1.54) is 11.2 Å². The van der Waals surface area contributed by atoms with Gasteiger partial charge in [-0.1, -0.05) is 18.3 Å². The highest BCUT2D eigenvalue weighted by Gasteiger charge is 2.55. The normalized spacial score (nSPS) is 24.7. The number of benzene rings is 1. The Bertz CT molecular complexity index is 1020. The highest BCUT2D eigenvalue weighted by Crippen LogP contribution is 2.63. The molecule has 3 atom stereocenters. The average Bonchev–Trinajstić information content (AvgIpc) is 3.30. The van der Waals surface area contributed by atoms with Gasteiger partial charge in [-0.3, -0.25) is 4.79 Å². The Labute approximate surface area is 170 Å². The molecule has 11 nitrogen and oxygen atoms in total. The Morgan fingerprint density at radius 2 is 2.13 bits per heavy atom. The van der Waals surface area contributed by atoms with Crippen molar-refractivity contribution >= 4 is 18.6 Å². The van der Waals surface area contributed by atoms with Gasteiger partial charge >= 0.3 is 12.7 Å². The fourth-order valence-corrected chi connectivity index (χ4v) is 4.25. The molecule has 5 rings (SSSR count). The van der Waals surface area contributed by atoms with Crippen molar-refractivity contribution in [2.24, 2.45) is 5.73 Å². The van der Waals surface area contributed by atoms with E-state index in [0.717, 1.165) is 0 Å². The van der Waals surface area contributed by atoms with Crippen LogP contribution < -0.4 is 15.1 Å². The standard InChI is InChI=1S/C18H20BN4O7/c20-15(12-4-21-7-22-12)17(24)23-5-8(6-23)29-13-2-1-9-10-3-11(10)19(27,28)30-16(9)14(13)18(25)26/h1-2,4,7-8,10-11,15,27-28H,3,5-6,20H2,(H,21,22)(H,25,26)/q-1/t10?,11-,15-/m1/s1. The summed E-state index contributed by atoms with van der Waals surface area (Å²) < 4.78 is 11.1. The molecule has 30 heavy (non-hydrogen) atoms. The van der Waals surface area contributed by atoms with Crippen molar-refractivity contribution in [2.75, 3.05) is 13.1 Å². The number of aromatic amines is 1. The van der Waals surface area contributed by atoms with Crippen molar-refractivity contribution in [1.29, 1.82) is 0 Å². The number of rotatable bonds is 5. The summed E-state index contributed by atoms with van der Waals surface area (Å²) in [6.45, 7) is -2.62. The Morgan fingerprint density at radius 1 is 1.37 bits per heavy atom. The summed E-state index contributed by atoms with van der Waals surface area (Å²) in [7, 11) is 0. The molecule has 12 heteroatoms. The number of fused-ring (bicyclic) bond motifs is 3. The van der Waals surface area contributed by atoms with Gasteiger partial charge in [-0.25, -0.2) is 9.78 Å². The first-order valence-electron chi connectivity index (χ1n) is 9.64. The number of carboxylic acids is 1. The van der Waals surface area contributed by atoms with E-state index >= 15 is 0 Å². The van der Waals surface area contributed by atoms with Gasteiger partial charge in [0.25, 0.3) is 0 Å². The molecule has 3 aliphatic rings. The number of amides is 1. The predicted octanol–water partition coefficient (Wildman–Crippen LogP) is -0.429. The number of likely N-dealkylation sites (tertiary alicyclic amines) is 1. The number of imidazole rings is 1. The van der Waals surface area contributed by atoms with Crippen molar-refractivity contribution in [2.45, 2.75) is 30.3 Å². The van der Waals surface area contributed by atoms with Gasteiger partial charge in [-0.2, -0.15) is 0 Å². The lowest BCUT2D eigenvalue weighted by Crippen LogP contribution is -2.58. The molecule has 0 spiro atoms. The zero-order valence-corrected chi connectivity index (χ0v) is 15.8. The minimum absolute atomic E-state index is 0.0562. The molecule has 1 aliphatic carbocycles. The van der Waals surface area contributed by atoms with Crippen LogP contribution in [0.1, 0.15) is 40.0 Å². The van der Waals surface area contributed by atoms with Crippen LogP contribution in [0.4, 0.5) is 0 Å². The van der Waals surface area contributed by atoms with Crippen molar-refractivity contribution < 1.29 is 34.1 Å². The second kappa shape index (κ2) is 6.46. The molecular weight excluding hydrogens is 395 g/mol. The van der Waals surface area contributed by atoms with Crippen LogP contribution in [0.2, 0.25) is 5.82 Å². The molecule has 1 unspecified atom stereocenters. The molecule has 0 bridgehead atoms. The number of nitrogens with one attached hydrogen (secondary N) is 1. The van der Waals surface area contributed by atoms with E-state index in [4.69, 9.17) is 15.1 Å². The quantitative estimate of drug-likeness (QED) is 0.407. The second-order valence-electron chi connectivity index (χ2n) is 8.00. The molecule has 2 aliphatic heterocycles. The number of carbonyl (C=O) groups excluding carboxylic acids is 1. The topological polar surface area (TPSA) is 171 Å². The summed E-state index contributed by atoms with van der Waals surface area (Å²) in [6, 6.07) is 2.36. The maximum absolute atomic E-state index is 12.4. The van der Waals surface area contributed by atoms with Crippen molar-refractivity contribution in [3.05, 3.63) is 41.5 Å². The summed E-state index contributed by atoms with van der Waals surface area (Å²) >= 11 is 0. The van der Waals surface area contributed by atoms with Gasteiger partial charge in [0, 0.05) is 6.20 Å². The molecule has 2 aromatic rings. The van der Waals surface area contributed by atoms with E-state index in [1.807, 2.05) is 0 Å². The number of H-pyrrole nitrogens is 1. The van der Waals surface area contributed by atoms with Gasteiger partial charge in [-0.05, 0) is 17.5 Å². The molecule has 1 saturated heterocycles. The fourth-order valence-electron chi connectivity index (χ4n) is 4.25. The summed E-state index contributed by atoms with van der Waals surface area (Å²) in [6.07, 6.45) is 3.10. The Hall–Kier alpha value is -3.09. The van der Waals surface area contributed by atoms with E-state index < -0.39 is 30.7 Å². The summed E-state index contributed by atoms with van der Waals surface area (Å²) in [5.74, 6) is -2.13. The lowest BCUT2D eigenvalue weighted by molar-refractivity contribution is -0.141. The van der Waals surface area contributed by atoms with Crippen LogP contribution in [0.15, 0.2) is 24.7 Å². The summed E-state index contributed by atoms with van der Waals surface area (Å²) in [5.41, 5.74) is 6.75. The third-order valence-electron chi connectivity index (χ3n) is 6.01. The molecule has 1 aromatic carbocycles. The molecule has 2 fully saturated rings. The van der Waals surface area contributed by atoms with E-state index in [9.17, 15) is 24.7 Å². The number of aromatic nitrogens is 2. The van der Waals surface area contributed by atoms with Gasteiger partial charge in [0.15, 0.2) is 0 Å². The van der Waals surface area contributed by atoms with Crippen molar-refractivity contribution in [3.63, 3.8) is 0 Å². The SMILES string of the molecule is N[C@@H](C(=O)N1CC(Oc2ccc3c(c2C(=O)O)O[B-](O)(O)[C@@H]2CC32)C1)c1c[nH]cn1. The maximum atomic E-state index is 12.4. The Morgan fingerprint density at radius 3 is 2.80 bits per heavy atom. The molecule has 1 amide bonds. The lowest BCUT2D eigenvalue weighted by Gasteiger charge is -2.41. The number of hydrogen-bond donors (Lipinski definition) is 5. The first-order valence-corrected chi connectivity index (χ1v) is 9.64. The number of aromatic carboxylic acids is 1. The molecule has 3 heterocycles. The number of nitrogens with two attached hydrogens (primary N) is 1. The minimum atomic E-state index is -3.10. The molecule has 1 aromatic heterocycles. The first-order chi connectivity index (χ1) is 14.3. The second-order valence-corrected chi connectivity index (χ2v) is 8.00. The molecule has 0 radical (unpaired) electrons. The third-order valence-corrected chi connectivity index (χ3v) is 6.01. The maximum Gasteiger partial charge on any atom is 0.434 e. The van der Waals surface area contributed by atoms with Crippen LogP contribution in [0.25, 0.3) is 0 Å².